The molecule has 0 saturated carbocycles. The number of benzene rings is 1. The number of hydrogen-bond donors (Lipinski definition) is 2. The van der Waals surface area contributed by atoms with Crippen LogP contribution in [0.5, 0.6) is 0 Å². The minimum atomic E-state index is 0.395. The van der Waals surface area contributed by atoms with Gasteiger partial charge < -0.3 is 10.6 Å². The van der Waals surface area contributed by atoms with Crippen LogP contribution in [-0.4, -0.2) is 37.5 Å². The second kappa shape index (κ2) is 9.02. The normalized spacial score (nSPS) is 16.8. The average Bonchev–Trinajstić information content (AvgIpc) is 3.31. The molecule has 1 unspecified atom stereocenters. The van der Waals surface area contributed by atoms with Crippen molar-refractivity contribution in [2.24, 2.45) is 4.99 Å². The first-order valence-electron chi connectivity index (χ1n) is 9.05. The van der Waals surface area contributed by atoms with Crippen LogP contribution in [0.2, 0.25) is 0 Å². The Labute approximate surface area is 155 Å². The van der Waals surface area contributed by atoms with Crippen molar-refractivity contribution in [2.75, 3.05) is 26.7 Å². The number of guanidine groups is 1. The first-order chi connectivity index (χ1) is 12.3. The molecule has 3 rings (SSSR count). The summed E-state index contributed by atoms with van der Waals surface area (Å²) >= 11 is 1.83. The summed E-state index contributed by atoms with van der Waals surface area (Å²) in [6.07, 6.45) is 2.60. The summed E-state index contributed by atoms with van der Waals surface area (Å²) < 4.78 is 0. The highest BCUT2D eigenvalue weighted by atomic mass is 32.1. The topological polar surface area (TPSA) is 39.7 Å². The van der Waals surface area contributed by atoms with E-state index < -0.39 is 0 Å². The van der Waals surface area contributed by atoms with Gasteiger partial charge in [-0.05, 0) is 50.6 Å². The fourth-order valence-electron chi connectivity index (χ4n) is 3.35. The van der Waals surface area contributed by atoms with Gasteiger partial charge in [-0.2, -0.15) is 0 Å². The first-order valence-corrected chi connectivity index (χ1v) is 9.87. The Hall–Kier alpha value is -1.85. The number of rotatable bonds is 6. The highest BCUT2D eigenvalue weighted by molar-refractivity contribution is 7.11. The van der Waals surface area contributed by atoms with Gasteiger partial charge in [0.2, 0.25) is 0 Å². The van der Waals surface area contributed by atoms with Crippen LogP contribution in [0.15, 0.2) is 47.5 Å². The van der Waals surface area contributed by atoms with E-state index in [1.807, 2.05) is 18.4 Å². The third kappa shape index (κ3) is 5.06. The third-order valence-electron chi connectivity index (χ3n) is 4.68. The minimum Gasteiger partial charge on any atom is -0.354 e. The van der Waals surface area contributed by atoms with Crippen molar-refractivity contribution in [3.05, 3.63) is 57.8 Å². The van der Waals surface area contributed by atoms with Gasteiger partial charge in [0.1, 0.15) is 0 Å². The van der Waals surface area contributed by atoms with E-state index >= 15 is 0 Å². The van der Waals surface area contributed by atoms with Crippen molar-refractivity contribution in [3.8, 4) is 0 Å². The minimum absolute atomic E-state index is 0.395. The standard InChI is InChI=1S/C20H28N4S/c1-16-10-11-18(25-16)14-22-20(21-2)23-15-19(24-12-6-7-13-24)17-8-4-3-5-9-17/h3-5,8-11,19H,6-7,12-15H2,1-2H3,(H2,21,22,23). The summed E-state index contributed by atoms with van der Waals surface area (Å²) in [7, 11) is 1.84. The van der Waals surface area contributed by atoms with Crippen molar-refractivity contribution in [1.82, 2.24) is 15.5 Å². The molecular weight excluding hydrogens is 328 g/mol. The lowest BCUT2D eigenvalue weighted by Crippen LogP contribution is -2.42. The van der Waals surface area contributed by atoms with Gasteiger partial charge in [-0.3, -0.25) is 9.89 Å². The molecule has 0 spiro atoms. The van der Waals surface area contributed by atoms with Crippen LogP contribution < -0.4 is 10.6 Å². The lowest BCUT2D eigenvalue weighted by Gasteiger charge is -2.28. The van der Waals surface area contributed by atoms with E-state index in [2.05, 4.69) is 69.9 Å². The number of nitrogens with zero attached hydrogens (tertiary/aromatic N) is 2. The van der Waals surface area contributed by atoms with Crippen molar-refractivity contribution < 1.29 is 0 Å². The Bertz CT molecular complexity index is 674. The van der Waals surface area contributed by atoms with E-state index in [1.165, 1.54) is 41.2 Å². The monoisotopic (exact) mass is 356 g/mol. The van der Waals surface area contributed by atoms with Crippen LogP contribution in [0.25, 0.3) is 0 Å². The molecule has 0 aliphatic carbocycles. The second-order valence-corrected chi connectivity index (χ2v) is 7.86. The molecule has 1 aliphatic heterocycles. The Morgan fingerprint density at radius 1 is 1.12 bits per heavy atom. The lowest BCUT2D eigenvalue weighted by molar-refractivity contribution is 0.245. The fourth-order valence-corrected chi connectivity index (χ4v) is 4.18. The van der Waals surface area contributed by atoms with Crippen LogP contribution in [0, 0.1) is 6.92 Å². The molecule has 1 aromatic carbocycles. The summed E-state index contributed by atoms with van der Waals surface area (Å²) in [6, 6.07) is 15.5. The number of aryl methyl sites for hydroxylation is 1. The van der Waals surface area contributed by atoms with E-state index in [-0.39, 0.29) is 0 Å². The first kappa shape index (κ1) is 18.0. The average molecular weight is 357 g/mol. The van der Waals surface area contributed by atoms with Gasteiger partial charge in [-0.1, -0.05) is 30.3 Å². The zero-order valence-electron chi connectivity index (χ0n) is 15.2. The fraction of sp³-hybridized carbons (Fsp3) is 0.450. The second-order valence-electron chi connectivity index (χ2n) is 6.49. The molecule has 0 radical (unpaired) electrons. The van der Waals surface area contributed by atoms with E-state index in [9.17, 15) is 0 Å². The highest BCUT2D eigenvalue weighted by Crippen LogP contribution is 2.24. The quantitative estimate of drug-likeness (QED) is 0.614. The summed E-state index contributed by atoms with van der Waals surface area (Å²) in [4.78, 5) is 9.64. The Kier molecular flexibility index (Phi) is 6.48. The predicted octanol–water partition coefficient (Wildman–Crippen LogP) is 3.56. The maximum absolute atomic E-state index is 4.38. The van der Waals surface area contributed by atoms with Crippen LogP contribution in [-0.2, 0) is 6.54 Å². The maximum atomic E-state index is 4.38. The molecule has 2 N–H and O–H groups in total. The number of likely N-dealkylation sites (tertiary alicyclic amines) is 1. The summed E-state index contributed by atoms with van der Waals surface area (Å²) in [6.45, 7) is 6.19. The van der Waals surface area contributed by atoms with Gasteiger partial charge in [-0.25, -0.2) is 0 Å². The summed E-state index contributed by atoms with van der Waals surface area (Å²) in [5.74, 6) is 0.867. The summed E-state index contributed by atoms with van der Waals surface area (Å²) in [5.41, 5.74) is 1.38. The number of thiophene rings is 1. The SMILES string of the molecule is CN=C(NCc1ccc(C)s1)NCC(c1ccccc1)N1CCCC1. The zero-order valence-corrected chi connectivity index (χ0v) is 16.0. The van der Waals surface area contributed by atoms with Crippen LogP contribution >= 0.6 is 11.3 Å². The lowest BCUT2D eigenvalue weighted by atomic mass is 10.1. The molecule has 5 heteroatoms. The van der Waals surface area contributed by atoms with Gasteiger partial charge in [0, 0.05) is 23.3 Å². The molecule has 1 aliphatic rings. The van der Waals surface area contributed by atoms with Gasteiger partial charge >= 0.3 is 0 Å². The molecule has 1 fully saturated rings. The Morgan fingerprint density at radius 2 is 1.88 bits per heavy atom. The van der Waals surface area contributed by atoms with Crippen molar-refractivity contribution in [1.29, 1.82) is 0 Å². The number of nitrogens with one attached hydrogen (secondary N) is 2. The largest absolute Gasteiger partial charge is 0.354 e. The van der Waals surface area contributed by atoms with E-state index in [0.29, 0.717) is 6.04 Å². The molecule has 1 aromatic heterocycles. The van der Waals surface area contributed by atoms with E-state index in [0.717, 1.165) is 19.0 Å². The van der Waals surface area contributed by atoms with Crippen molar-refractivity contribution in [3.63, 3.8) is 0 Å². The molecule has 2 heterocycles. The highest BCUT2D eigenvalue weighted by Gasteiger charge is 2.23. The molecule has 0 amide bonds. The molecule has 1 atom stereocenters. The van der Waals surface area contributed by atoms with Gasteiger partial charge in [-0.15, -0.1) is 11.3 Å². The molecule has 1 saturated heterocycles. The molecule has 25 heavy (non-hydrogen) atoms. The van der Waals surface area contributed by atoms with Crippen LogP contribution in [0.1, 0.15) is 34.2 Å². The Morgan fingerprint density at radius 3 is 2.52 bits per heavy atom. The van der Waals surface area contributed by atoms with Crippen LogP contribution in [0.3, 0.4) is 0 Å². The van der Waals surface area contributed by atoms with E-state index in [1.54, 1.807) is 0 Å². The van der Waals surface area contributed by atoms with Gasteiger partial charge in [0.05, 0.1) is 12.6 Å². The number of hydrogen-bond acceptors (Lipinski definition) is 3. The third-order valence-corrected chi connectivity index (χ3v) is 5.68. The summed E-state index contributed by atoms with van der Waals surface area (Å²) in [5, 5.41) is 6.95. The maximum Gasteiger partial charge on any atom is 0.191 e. The smallest absolute Gasteiger partial charge is 0.191 e. The van der Waals surface area contributed by atoms with Crippen molar-refractivity contribution >= 4 is 17.3 Å². The molecule has 4 nitrogen and oxygen atoms in total. The van der Waals surface area contributed by atoms with Crippen molar-refractivity contribution in [2.45, 2.75) is 32.4 Å². The zero-order chi connectivity index (χ0) is 17.5. The Balaban J connectivity index is 1.59. The molecule has 134 valence electrons. The van der Waals surface area contributed by atoms with Gasteiger partial charge in [0.15, 0.2) is 5.96 Å². The van der Waals surface area contributed by atoms with Gasteiger partial charge in [0.25, 0.3) is 0 Å². The van der Waals surface area contributed by atoms with E-state index in [4.69, 9.17) is 0 Å². The van der Waals surface area contributed by atoms with Crippen LogP contribution in [0.4, 0.5) is 0 Å². The number of aliphatic imine (C=N–C) groups is 1. The predicted molar refractivity (Wildman–Crippen MR) is 107 cm³/mol. The molecule has 2 aromatic rings. The molecular formula is C20H28N4S. The molecule has 0 bridgehead atoms.